The minimum Gasteiger partial charge on any atom is -0.469 e. The van der Waals surface area contributed by atoms with Crippen molar-refractivity contribution >= 4 is 23.5 Å². The Morgan fingerprint density at radius 3 is 2.61 bits per heavy atom. The standard InChI is InChI=1S/C25H35ClO10/c1-12(9-20(29)33-3)7-8-16(28)24-19-11-18(35-24)21(30)14(26)5-4-6-15(27)22(31)17-10-13(2)23(34-17)25(32)36-19/h4-8,12-13,15-19,21-24,27-28,30-31H,9-11H2,1-3H3/b6-4-,8-7+,14-5-/t12-,13+,15+,16+,17+,18+,19-,21+,22+,23+,24-/m0/s1. The Kier molecular flexibility index (Phi) is 10.1. The predicted molar refractivity (Wildman–Crippen MR) is 128 cm³/mol. The molecule has 36 heavy (non-hydrogen) atoms. The van der Waals surface area contributed by atoms with E-state index in [1.165, 1.54) is 31.4 Å². The third-order valence-corrected chi connectivity index (χ3v) is 7.07. The maximum Gasteiger partial charge on any atom is 0.335 e. The van der Waals surface area contributed by atoms with Crippen LogP contribution in [0.25, 0.3) is 0 Å². The van der Waals surface area contributed by atoms with Crippen LogP contribution in [0.4, 0.5) is 0 Å². The van der Waals surface area contributed by atoms with E-state index >= 15 is 0 Å². The van der Waals surface area contributed by atoms with Gasteiger partial charge in [-0.05, 0) is 24.3 Å². The van der Waals surface area contributed by atoms with Gasteiger partial charge in [0.25, 0.3) is 0 Å². The average molecular weight is 531 g/mol. The van der Waals surface area contributed by atoms with Gasteiger partial charge in [0, 0.05) is 11.5 Å². The van der Waals surface area contributed by atoms with Crippen molar-refractivity contribution in [3.05, 3.63) is 35.4 Å². The highest BCUT2D eigenvalue weighted by molar-refractivity contribution is 6.30. The molecule has 3 heterocycles. The van der Waals surface area contributed by atoms with Gasteiger partial charge < -0.3 is 39.4 Å². The highest BCUT2D eigenvalue weighted by Gasteiger charge is 2.48. The number of fused-ring (bicyclic) bond motifs is 4. The number of aliphatic hydroxyl groups is 4. The molecule has 2 fully saturated rings. The second kappa shape index (κ2) is 12.6. The molecule has 0 unspecified atom stereocenters. The molecule has 0 aliphatic carbocycles. The Bertz CT molecular complexity index is 873. The fraction of sp³-hybridized carbons (Fsp3) is 0.680. The molecular weight excluding hydrogens is 496 g/mol. The van der Waals surface area contributed by atoms with Crippen LogP contribution in [0.5, 0.6) is 0 Å². The van der Waals surface area contributed by atoms with E-state index < -0.39 is 60.9 Å². The topological polar surface area (TPSA) is 152 Å². The van der Waals surface area contributed by atoms with Crippen molar-refractivity contribution in [2.45, 2.75) is 88.0 Å². The molecule has 10 nitrogen and oxygen atoms in total. The Morgan fingerprint density at radius 2 is 1.92 bits per heavy atom. The highest BCUT2D eigenvalue weighted by Crippen LogP contribution is 2.35. The van der Waals surface area contributed by atoms with Crippen LogP contribution in [-0.4, -0.2) is 94.4 Å². The zero-order valence-corrected chi connectivity index (χ0v) is 21.2. The van der Waals surface area contributed by atoms with E-state index in [2.05, 4.69) is 4.74 Å². The van der Waals surface area contributed by atoms with E-state index in [1.807, 2.05) is 0 Å². The summed E-state index contributed by atoms with van der Waals surface area (Å²) in [5.74, 6) is -1.60. The third-order valence-electron chi connectivity index (χ3n) is 6.72. The number of aliphatic hydroxyl groups excluding tert-OH is 4. The first-order valence-corrected chi connectivity index (χ1v) is 12.4. The fourth-order valence-corrected chi connectivity index (χ4v) is 4.83. The number of ether oxygens (including phenoxy) is 4. The van der Waals surface area contributed by atoms with Crippen molar-refractivity contribution in [3.8, 4) is 0 Å². The molecular formula is C25H35ClO10. The molecule has 0 aromatic carbocycles. The van der Waals surface area contributed by atoms with Crippen LogP contribution in [0.3, 0.4) is 0 Å². The summed E-state index contributed by atoms with van der Waals surface area (Å²) in [7, 11) is 1.29. The summed E-state index contributed by atoms with van der Waals surface area (Å²) in [6.07, 6.45) is -1.99. The van der Waals surface area contributed by atoms with Crippen LogP contribution in [-0.2, 0) is 28.5 Å². The van der Waals surface area contributed by atoms with Gasteiger partial charge in [0.2, 0.25) is 0 Å². The SMILES string of the molecule is COC(=O)C[C@@H](C)/C=C/[C@@H](O)[C@@H]1O[C@@H]2C[C@@H]1OC(=O)[C@@H]1O[C@H](C[C@H]1C)[C@H](O)[C@H](O)/C=C\C=C(/Cl)[C@H]2O. The number of methoxy groups -OCH3 is 1. The van der Waals surface area contributed by atoms with Gasteiger partial charge >= 0.3 is 11.9 Å². The van der Waals surface area contributed by atoms with Gasteiger partial charge in [-0.1, -0.05) is 49.8 Å². The number of carbonyl (C=O) groups excluding carboxylic acids is 2. The van der Waals surface area contributed by atoms with E-state index in [0.29, 0.717) is 6.42 Å². The molecule has 202 valence electrons. The fourth-order valence-electron chi connectivity index (χ4n) is 4.62. The van der Waals surface area contributed by atoms with Crippen LogP contribution in [0.2, 0.25) is 0 Å². The van der Waals surface area contributed by atoms with Crippen LogP contribution >= 0.6 is 11.6 Å². The molecule has 4 bridgehead atoms. The quantitative estimate of drug-likeness (QED) is 0.296. The molecule has 3 rings (SSSR count). The lowest BCUT2D eigenvalue weighted by molar-refractivity contribution is -0.171. The van der Waals surface area contributed by atoms with Crippen molar-refractivity contribution in [1.29, 1.82) is 0 Å². The predicted octanol–water partition coefficient (Wildman–Crippen LogP) is 0.741. The van der Waals surface area contributed by atoms with Crippen LogP contribution in [0.15, 0.2) is 35.4 Å². The summed E-state index contributed by atoms with van der Waals surface area (Å²) < 4.78 is 22.0. The maximum absolute atomic E-state index is 13.0. The van der Waals surface area contributed by atoms with E-state index in [-0.39, 0.29) is 35.7 Å². The zero-order valence-electron chi connectivity index (χ0n) is 20.5. The van der Waals surface area contributed by atoms with Crippen molar-refractivity contribution < 1.29 is 49.0 Å². The molecule has 3 aliphatic heterocycles. The monoisotopic (exact) mass is 530 g/mol. The number of allylic oxidation sites excluding steroid dienone is 3. The van der Waals surface area contributed by atoms with Gasteiger partial charge in [-0.3, -0.25) is 4.79 Å². The molecule has 11 atom stereocenters. The first-order valence-electron chi connectivity index (χ1n) is 12.0. The van der Waals surface area contributed by atoms with Crippen molar-refractivity contribution in [3.63, 3.8) is 0 Å². The minimum atomic E-state index is -1.30. The average Bonchev–Trinajstić information content (AvgIpc) is 3.44. The number of esters is 2. The maximum atomic E-state index is 13.0. The van der Waals surface area contributed by atoms with Gasteiger partial charge in [0.15, 0.2) is 6.10 Å². The normalized spacial score (nSPS) is 41.5. The van der Waals surface area contributed by atoms with E-state index in [1.54, 1.807) is 19.9 Å². The minimum absolute atomic E-state index is 0.00154. The molecule has 4 N–H and O–H groups in total. The first kappa shape index (κ1) is 28.8. The van der Waals surface area contributed by atoms with Gasteiger partial charge in [0.1, 0.15) is 36.6 Å². The summed E-state index contributed by atoms with van der Waals surface area (Å²) in [6, 6.07) is 0. The summed E-state index contributed by atoms with van der Waals surface area (Å²) in [5, 5.41) is 42.3. The third kappa shape index (κ3) is 6.95. The molecule has 0 amide bonds. The largest absolute Gasteiger partial charge is 0.469 e. The van der Waals surface area contributed by atoms with E-state index in [4.69, 9.17) is 25.8 Å². The van der Waals surface area contributed by atoms with Crippen molar-refractivity contribution in [2.24, 2.45) is 11.8 Å². The summed E-state index contributed by atoms with van der Waals surface area (Å²) >= 11 is 6.23. The second-order valence-corrected chi connectivity index (χ2v) is 10.1. The molecule has 0 saturated carbocycles. The lowest BCUT2D eigenvalue weighted by Gasteiger charge is -2.25. The van der Waals surface area contributed by atoms with Gasteiger partial charge in [-0.2, -0.15) is 0 Å². The molecule has 3 aliphatic rings. The Morgan fingerprint density at radius 1 is 1.19 bits per heavy atom. The van der Waals surface area contributed by atoms with Crippen molar-refractivity contribution in [2.75, 3.05) is 7.11 Å². The second-order valence-electron chi connectivity index (χ2n) is 9.65. The first-order chi connectivity index (χ1) is 17.0. The molecule has 11 heteroatoms. The van der Waals surface area contributed by atoms with Crippen LogP contribution in [0.1, 0.15) is 33.1 Å². The summed E-state index contributed by atoms with van der Waals surface area (Å²) in [6.45, 7) is 3.56. The number of halogens is 1. The van der Waals surface area contributed by atoms with Crippen molar-refractivity contribution in [1.82, 2.24) is 0 Å². The Labute approximate surface area is 215 Å². The summed E-state index contributed by atoms with van der Waals surface area (Å²) in [4.78, 5) is 24.5. The van der Waals surface area contributed by atoms with Crippen LogP contribution in [0, 0.1) is 11.8 Å². The Balaban J connectivity index is 1.84. The van der Waals surface area contributed by atoms with Gasteiger partial charge in [-0.15, -0.1) is 0 Å². The highest BCUT2D eigenvalue weighted by atomic mass is 35.5. The molecule has 2 saturated heterocycles. The number of carbonyl (C=O) groups is 2. The van der Waals surface area contributed by atoms with E-state index in [0.717, 1.165) is 0 Å². The van der Waals surface area contributed by atoms with Gasteiger partial charge in [0.05, 0.1) is 25.7 Å². The lowest BCUT2D eigenvalue weighted by Crippen LogP contribution is -2.40. The smallest absolute Gasteiger partial charge is 0.335 e. The van der Waals surface area contributed by atoms with Gasteiger partial charge in [-0.25, -0.2) is 4.79 Å². The molecule has 0 aromatic rings. The number of rotatable bonds is 5. The van der Waals surface area contributed by atoms with E-state index in [9.17, 15) is 30.0 Å². The molecule has 0 aromatic heterocycles. The molecule has 0 spiro atoms. The number of hydrogen-bond acceptors (Lipinski definition) is 10. The Hall–Kier alpha value is -1.79. The zero-order chi connectivity index (χ0) is 26.6. The summed E-state index contributed by atoms with van der Waals surface area (Å²) in [5.41, 5.74) is 0. The van der Waals surface area contributed by atoms with Crippen LogP contribution < -0.4 is 0 Å². The molecule has 0 radical (unpaired) electrons. The number of hydrogen-bond donors (Lipinski definition) is 4. The lowest BCUT2D eigenvalue weighted by atomic mass is 9.97.